The molecule has 0 saturated heterocycles. The molecule has 2 aromatic carbocycles. The van der Waals surface area contributed by atoms with Gasteiger partial charge in [0.2, 0.25) is 0 Å². The van der Waals surface area contributed by atoms with Gasteiger partial charge in [-0.25, -0.2) is 9.97 Å². The van der Waals surface area contributed by atoms with E-state index >= 15 is 0 Å². The Labute approximate surface area is 181 Å². The molecule has 162 valence electrons. The Hall–Kier alpha value is -3.38. The topological polar surface area (TPSA) is 95.0 Å². The smallest absolute Gasteiger partial charge is 0.141 e. The number of aromatic nitrogens is 2. The summed E-state index contributed by atoms with van der Waals surface area (Å²) in [6.45, 7) is 1.95. The van der Waals surface area contributed by atoms with Gasteiger partial charge in [-0.15, -0.1) is 6.42 Å². The van der Waals surface area contributed by atoms with Gasteiger partial charge in [0.15, 0.2) is 0 Å². The summed E-state index contributed by atoms with van der Waals surface area (Å²) < 4.78 is 21.6. The highest BCUT2D eigenvalue weighted by molar-refractivity contribution is 5.91. The van der Waals surface area contributed by atoms with Crippen molar-refractivity contribution in [2.45, 2.75) is 0 Å². The summed E-state index contributed by atoms with van der Waals surface area (Å²) in [6.07, 6.45) is 7.09. The van der Waals surface area contributed by atoms with Crippen molar-refractivity contribution < 1.29 is 24.1 Å². The molecular formula is C23H25N3O5. The first-order chi connectivity index (χ1) is 15.2. The van der Waals surface area contributed by atoms with Crippen molar-refractivity contribution >= 4 is 22.4 Å². The van der Waals surface area contributed by atoms with E-state index in [9.17, 15) is 0 Å². The van der Waals surface area contributed by atoms with Crippen LogP contribution in [0.3, 0.4) is 0 Å². The lowest BCUT2D eigenvalue weighted by atomic mass is 10.2. The molecule has 0 radical (unpaired) electrons. The van der Waals surface area contributed by atoms with Crippen LogP contribution < -0.4 is 14.8 Å². The van der Waals surface area contributed by atoms with E-state index in [0.29, 0.717) is 49.3 Å². The molecule has 0 saturated carbocycles. The summed E-state index contributed by atoms with van der Waals surface area (Å²) in [5.74, 6) is 4.59. The van der Waals surface area contributed by atoms with Gasteiger partial charge in [-0.1, -0.05) is 5.92 Å². The monoisotopic (exact) mass is 423 g/mol. The number of fused-ring (bicyclic) bond motifs is 1. The molecule has 2 N–H and O–H groups in total. The predicted octanol–water partition coefficient (Wildman–Crippen LogP) is 2.77. The first-order valence-electron chi connectivity index (χ1n) is 9.80. The Morgan fingerprint density at radius 3 is 2.61 bits per heavy atom. The third kappa shape index (κ3) is 6.55. The number of hydrogen-bond donors (Lipinski definition) is 2. The van der Waals surface area contributed by atoms with E-state index in [0.717, 1.165) is 16.6 Å². The average Bonchev–Trinajstić information content (AvgIpc) is 2.79. The molecule has 8 nitrogen and oxygen atoms in total. The number of nitrogens with zero attached hydrogens (tertiary/aromatic N) is 2. The van der Waals surface area contributed by atoms with Crippen LogP contribution in [0.5, 0.6) is 11.5 Å². The molecule has 8 heteroatoms. The van der Waals surface area contributed by atoms with Crippen LogP contribution in [0.2, 0.25) is 0 Å². The number of aliphatic hydroxyl groups excluding tert-OH is 1. The summed E-state index contributed by atoms with van der Waals surface area (Å²) in [5, 5.41) is 12.9. The molecule has 3 rings (SSSR count). The van der Waals surface area contributed by atoms with Crippen LogP contribution in [0.4, 0.5) is 11.5 Å². The lowest BCUT2D eigenvalue weighted by Gasteiger charge is -2.13. The van der Waals surface area contributed by atoms with E-state index in [1.165, 1.54) is 6.33 Å². The van der Waals surface area contributed by atoms with E-state index in [1.807, 2.05) is 30.3 Å². The summed E-state index contributed by atoms with van der Waals surface area (Å²) >= 11 is 0. The molecule has 0 spiro atoms. The molecule has 1 heterocycles. The number of methoxy groups -OCH3 is 1. The molecule has 0 atom stereocenters. The highest BCUT2D eigenvalue weighted by Gasteiger charge is 2.08. The predicted molar refractivity (Wildman–Crippen MR) is 118 cm³/mol. The van der Waals surface area contributed by atoms with Crippen LogP contribution in [-0.4, -0.2) is 61.8 Å². The quantitative estimate of drug-likeness (QED) is 0.339. The van der Waals surface area contributed by atoms with Gasteiger partial charge in [-0.05, 0) is 24.3 Å². The van der Waals surface area contributed by atoms with Crippen LogP contribution in [0.1, 0.15) is 5.56 Å². The molecule has 0 fully saturated rings. The van der Waals surface area contributed by atoms with Crippen molar-refractivity contribution in [1.29, 1.82) is 0 Å². The van der Waals surface area contributed by atoms with Gasteiger partial charge in [-0.2, -0.15) is 0 Å². The van der Waals surface area contributed by atoms with Gasteiger partial charge in [0.05, 0.1) is 31.9 Å². The van der Waals surface area contributed by atoms with Crippen LogP contribution in [0, 0.1) is 12.3 Å². The molecule has 1 aromatic heterocycles. The van der Waals surface area contributed by atoms with Gasteiger partial charge < -0.3 is 29.4 Å². The van der Waals surface area contributed by atoms with Crippen molar-refractivity contribution in [2.24, 2.45) is 0 Å². The molecule has 3 aromatic rings. The number of benzene rings is 2. The van der Waals surface area contributed by atoms with Crippen molar-refractivity contribution in [3.05, 3.63) is 48.3 Å². The highest BCUT2D eigenvalue weighted by atomic mass is 16.5. The fraction of sp³-hybridized carbons (Fsp3) is 0.304. The Kier molecular flexibility index (Phi) is 8.43. The first kappa shape index (κ1) is 22.3. The number of hydrogen-bond acceptors (Lipinski definition) is 8. The zero-order valence-corrected chi connectivity index (χ0v) is 17.3. The maximum Gasteiger partial charge on any atom is 0.141 e. The third-order valence-corrected chi connectivity index (χ3v) is 4.23. The normalized spacial score (nSPS) is 10.6. The van der Waals surface area contributed by atoms with Crippen LogP contribution >= 0.6 is 0 Å². The molecule has 0 unspecified atom stereocenters. The van der Waals surface area contributed by atoms with Crippen LogP contribution in [-0.2, 0) is 9.47 Å². The Bertz CT molecular complexity index is 1040. The third-order valence-electron chi connectivity index (χ3n) is 4.23. The van der Waals surface area contributed by atoms with Crippen LogP contribution in [0.25, 0.3) is 10.9 Å². The summed E-state index contributed by atoms with van der Waals surface area (Å²) in [7, 11) is 1.63. The molecule has 0 aliphatic carbocycles. The lowest BCUT2D eigenvalue weighted by Crippen LogP contribution is -2.09. The second-order valence-electron chi connectivity index (χ2n) is 6.44. The van der Waals surface area contributed by atoms with Crippen molar-refractivity contribution in [3.8, 4) is 23.8 Å². The van der Waals surface area contributed by atoms with E-state index < -0.39 is 0 Å². The number of anilines is 2. The fourth-order valence-electron chi connectivity index (χ4n) is 2.83. The fourth-order valence-corrected chi connectivity index (χ4v) is 2.83. The zero-order valence-electron chi connectivity index (χ0n) is 17.3. The summed E-state index contributed by atoms with van der Waals surface area (Å²) in [4.78, 5) is 8.71. The average molecular weight is 423 g/mol. The van der Waals surface area contributed by atoms with Gasteiger partial charge >= 0.3 is 0 Å². The standard InChI is InChI=1S/C23H25N3O5/c1-3-17-12-18(14-20(13-17)31-11-9-29-7-6-27)26-23-21-5-4-19(30-10-8-28-2)15-22(21)24-16-25-23/h1,4-5,12-16,27H,6-11H2,2H3,(H,24,25,26). The van der Waals surface area contributed by atoms with Crippen molar-refractivity contribution in [3.63, 3.8) is 0 Å². The maximum absolute atomic E-state index is 8.75. The molecule has 0 aliphatic heterocycles. The van der Waals surface area contributed by atoms with Gasteiger partial charge in [-0.3, -0.25) is 0 Å². The number of aliphatic hydroxyl groups is 1. The minimum absolute atomic E-state index is 0.0195. The Morgan fingerprint density at radius 2 is 1.81 bits per heavy atom. The van der Waals surface area contributed by atoms with E-state index in [4.69, 9.17) is 30.5 Å². The minimum Gasteiger partial charge on any atom is -0.491 e. The van der Waals surface area contributed by atoms with Gasteiger partial charge in [0.1, 0.15) is 36.9 Å². The molecule has 0 amide bonds. The van der Waals surface area contributed by atoms with E-state index in [2.05, 4.69) is 21.2 Å². The number of terminal acetylenes is 1. The Morgan fingerprint density at radius 1 is 0.968 bits per heavy atom. The molecule has 0 bridgehead atoms. The number of nitrogens with one attached hydrogen (secondary N) is 1. The number of ether oxygens (including phenoxy) is 4. The molecule has 0 aliphatic rings. The van der Waals surface area contributed by atoms with Crippen molar-refractivity contribution in [1.82, 2.24) is 9.97 Å². The summed E-state index contributed by atoms with van der Waals surface area (Å²) in [6, 6.07) is 11.1. The summed E-state index contributed by atoms with van der Waals surface area (Å²) in [5.41, 5.74) is 2.16. The van der Waals surface area contributed by atoms with E-state index in [1.54, 1.807) is 13.2 Å². The number of rotatable bonds is 12. The maximum atomic E-state index is 8.75. The van der Waals surface area contributed by atoms with Crippen molar-refractivity contribution in [2.75, 3.05) is 52.1 Å². The second-order valence-corrected chi connectivity index (χ2v) is 6.44. The Balaban J connectivity index is 1.76. The second kappa shape index (κ2) is 11.7. The zero-order chi connectivity index (χ0) is 21.9. The SMILES string of the molecule is C#Cc1cc(Nc2ncnc3cc(OCCOC)ccc23)cc(OCCOCCO)c1. The molecule has 31 heavy (non-hydrogen) atoms. The van der Waals surface area contributed by atoms with Gasteiger partial charge in [0.25, 0.3) is 0 Å². The lowest BCUT2D eigenvalue weighted by molar-refractivity contribution is 0.0705. The minimum atomic E-state index is -0.0195. The van der Waals surface area contributed by atoms with Crippen LogP contribution in [0.15, 0.2) is 42.7 Å². The first-order valence-corrected chi connectivity index (χ1v) is 9.80. The largest absolute Gasteiger partial charge is 0.491 e. The highest BCUT2D eigenvalue weighted by Crippen LogP contribution is 2.28. The van der Waals surface area contributed by atoms with Gasteiger partial charge in [0, 0.05) is 35.9 Å². The van der Waals surface area contributed by atoms with E-state index in [-0.39, 0.29) is 13.2 Å². The molecular weight excluding hydrogens is 398 g/mol.